The fraction of sp³-hybridized carbons (Fsp3) is 0.400. The molecule has 1 N–H and O–H groups in total. The van der Waals surface area contributed by atoms with Gasteiger partial charge in [-0.1, -0.05) is 6.07 Å². The van der Waals surface area contributed by atoms with Crippen LogP contribution in [0.15, 0.2) is 28.8 Å². The Bertz CT molecular complexity index is 617. The number of imide groups is 1. The molecule has 0 radical (unpaired) electrons. The first-order valence-electron chi connectivity index (χ1n) is 6.79. The van der Waals surface area contributed by atoms with Crippen molar-refractivity contribution in [1.29, 1.82) is 0 Å². The fourth-order valence-corrected chi connectivity index (χ4v) is 3.56. The molecule has 2 amide bonds. The number of nitrogens with zero attached hydrogens (tertiary/aromatic N) is 1. The molecule has 1 unspecified atom stereocenters. The lowest BCUT2D eigenvalue weighted by atomic mass is 10.1. The highest BCUT2D eigenvalue weighted by molar-refractivity contribution is 7.98. The van der Waals surface area contributed by atoms with E-state index < -0.39 is 23.6 Å². The minimum Gasteiger partial charge on any atom is -0.512 e. The third-order valence-corrected chi connectivity index (χ3v) is 4.95. The Morgan fingerprint density at radius 3 is 2.73 bits per heavy atom. The SMILES string of the molecule is CSCCC1C(=O)/C(=C(\C)O)C(=O)N1C(=O)Cc1cccs1. The normalized spacial score (nSPS) is 20.6. The van der Waals surface area contributed by atoms with E-state index in [2.05, 4.69) is 0 Å². The van der Waals surface area contributed by atoms with Gasteiger partial charge in [-0.2, -0.15) is 11.8 Å². The Hall–Kier alpha value is -1.60. The average Bonchev–Trinajstić information content (AvgIpc) is 3.02. The number of thioether (sulfide) groups is 1. The number of rotatable bonds is 5. The Morgan fingerprint density at radius 2 is 2.18 bits per heavy atom. The van der Waals surface area contributed by atoms with Gasteiger partial charge in [-0.05, 0) is 36.8 Å². The smallest absolute Gasteiger partial charge is 0.268 e. The lowest BCUT2D eigenvalue weighted by Gasteiger charge is -2.20. The highest BCUT2D eigenvalue weighted by atomic mass is 32.2. The van der Waals surface area contributed by atoms with Crippen LogP contribution in [0.2, 0.25) is 0 Å². The largest absolute Gasteiger partial charge is 0.512 e. The number of amides is 2. The van der Waals surface area contributed by atoms with Gasteiger partial charge >= 0.3 is 0 Å². The van der Waals surface area contributed by atoms with E-state index in [1.807, 2.05) is 23.8 Å². The average molecular weight is 339 g/mol. The van der Waals surface area contributed by atoms with Crippen LogP contribution in [-0.2, 0) is 20.8 Å². The molecule has 7 heteroatoms. The van der Waals surface area contributed by atoms with Crippen LogP contribution < -0.4 is 0 Å². The molecule has 5 nitrogen and oxygen atoms in total. The first kappa shape index (κ1) is 16.8. The summed E-state index contributed by atoms with van der Waals surface area (Å²) < 4.78 is 0. The van der Waals surface area contributed by atoms with Gasteiger partial charge in [-0.15, -0.1) is 11.3 Å². The molecule has 2 rings (SSSR count). The van der Waals surface area contributed by atoms with Gasteiger partial charge in [0.1, 0.15) is 17.4 Å². The highest BCUT2D eigenvalue weighted by Gasteiger charge is 2.47. The molecule has 1 fully saturated rings. The molecule has 22 heavy (non-hydrogen) atoms. The molecule has 1 aliphatic rings. The van der Waals surface area contributed by atoms with Crippen molar-refractivity contribution in [2.75, 3.05) is 12.0 Å². The van der Waals surface area contributed by atoms with E-state index >= 15 is 0 Å². The number of thiophene rings is 1. The molecule has 1 aromatic rings. The Kier molecular flexibility index (Phi) is 5.42. The number of aliphatic hydroxyl groups is 1. The lowest BCUT2D eigenvalue weighted by Crippen LogP contribution is -2.41. The molecule has 0 saturated carbocycles. The summed E-state index contributed by atoms with van der Waals surface area (Å²) in [6.45, 7) is 1.30. The number of likely N-dealkylation sites (tertiary alicyclic amines) is 1. The van der Waals surface area contributed by atoms with Crippen LogP contribution in [-0.4, -0.2) is 45.7 Å². The predicted molar refractivity (Wildman–Crippen MR) is 87.0 cm³/mol. The number of hydrogen-bond acceptors (Lipinski definition) is 6. The van der Waals surface area contributed by atoms with Gasteiger partial charge in [-0.3, -0.25) is 19.3 Å². The van der Waals surface area contributed by atoms with E-state index in [4.69, 9.17) is 0 Å². The van der Waals surface area contributed by atoms with Gasteiger partial charge in [0.2, 0.25) is 5.91 Å². The standard InChI is InChI=1S/C15H17NO4S2/c1-9(17)13-14(19)11(5-7-21-2)16(15(13)20)12(18)8-10-4-3-6-22-10/h3-4,6,11,17H,5,7-8H2,1-2H3/b13-9-. The van der Waals surface area contributed by atoms with Crippen molar-refractivity contribution in [1.82, 2.24) is 4.90 Å². The molecule has 1 saturated heterocycles. The zero-order valence-corrected chi connectivity index (χ0v) is 14.0. The monoisotopic (exact) mass is 339 g/mol. The maximum atomic E-state index is 12.5. The van der Waals surface area contributed by atoms with Crippen molar-refractivity contribution in [2.24, 2.45) is 0 Å². The molecular formula is C15H17NO4S2. The van der Waals surface area contributed by atoms with Crippen LogP contribution in [0, 0.1) is 0 Å². The van der Waals surface area contributed by atoms with E-state index in [-0.39, 0.29) is 17.8 Å². The van der Waals surface area contributed by atoms with Crippen molar-refractivity contribution in [2.45, 2.75) is 25.8 Å². The topological polar surface area (TPSA) is 74.7 Å². The second-order valence-corrected chi connectivity index (χ2v) is 6.96. The summed E-state index contributed by atoms with van der Waals surface area (Å²) in [7, 11) is 0. The summed E-state index contributed by atoms with van der Waals surface area (Å²) in [5.41, 5.74) is -0.259. The number of carbonyl (C=O) groups is 3. The minimum absolute atomic E-state index is 0.0875. The van der Waals surface area contributed by atoms with Crippen LogP contribution in [0.3, 0.4) is 0 Å². The van der Waals surface area contributed by atoms with E-state index in [0.29, 0.717) is 12.2 Å². The molecule has 2 heterocycles. The molecule has 1 atom stereocenters. The van der Waals surface area contributed by atoms with Gasteiger partial charge in [0.05, 0.1) is 6.42 Å². The Balaban J connectivity index is 2.28. The zero-order valence-electron chi connectivity index (χ0n) is 12.4. The third-order valence-electron chi connectivity index (χ3n) is 3.42. The molecule has 118 valence electrons. The summed E-state index contributed by atoms with van der Waals surface area (Å²) in [4.78, 5) is 39.0. The van der Waals surface area contributed by atoms with Gasteiger partial charge in [0.25, 0.3) is 5.91 Å². The minimum atomic E-state index is -0.801. The van der Waals surface area contributed by atoms with E-state index in [1.165, 1.54) is 18.3 Å². The first-order valence-corrected chi connectivity index (χ1v) is 9.06. The van der Waals surface area contributed by atoms with Crippen molar-refractivity contribution in [3.05, 3.63) is 33.7 Å². The summed E-state index contributed by atoms with van der Waals surface area (Å²) in [6.07, 6.45) is 2.38. The molecule has 0 bridgehead atoms. The van der Waals surface area contributed by atoms with Crippen LogP contribution in [0.4, 0.5) is 0 Å². The van der Waals surface area contributed by atoms with E-state index in [1.54, 1.807) is 11.8 Å². The number of hydrogen-bond donors (Lipinski definition) is 1. The molecule has 1 aliphatic heterocycles. The van der Waals surface area contributed by atoms with Crippen molar-refractivity contribution in [3.63, 3.8) is 0 Å². The van der Waals surface area contributed by atoms with E-state index in [0.717, 1.165) is 9.78 Å². The number of Topliss-reactive ketones (excluding diaryl/α,β-unsaturated/α-hetero) is 1. The Morgan fingerprint density at radius 1 is 1.45 bits per heavy atom. The summed E-state index contributed by atoms with van der Waals surface area (Å²) in [6, 6.07) is 2.85. The van der Waals surface area contributed by atoms with Gasteiger partial charge in [0.15, 0.2) is 5.78 Å². The van der Waals surface area contributed by atoms with Crippen LogP contribution >= 0.6 is 23.1 Å². The lowest BCUT2D eigenvalue weighted by molar-refractivity contribution is -0.143. The molecule has 1 aromatic heterocycles. The summed E-state index contributed by atoms with van der Waals surface area (Å²) >= 11 is 2.97. The third kappa shape index (κ3) is 3.25. The van der Waals surface area contributed by atoms with Gasteiger partial charge < -0.3 is 5.11 Å². The summed E-state index contributed by atoms with van der Waals surface area (Å²) in [5, 5.41) is 11.4. The fourth-order valence-electron chi connectivity index (χ4n) is 2.41. The molecule has 0 spiro atoms. The second-order valence-electron chi connectivity index (χ2n) is 4.95. The molecular weight excluding hydrogens is 322 g/mol. The van der Waals surface area contributed by atoms with Gasteiger partial charge in [0, 0.05) is 4.88 Å². The van der Waals surface area contributed by atoms with Crippen molar-refractivity contribution >= 4 is 40.7 Å². The van der Waals surface area contributed by atoms with Crippen molar-refractivity contribution in [3.8, 4) is 0 Å². The van der Waals surface area contributed by atoms with Gasteiger partial charge in [-0.25, -0.2) is 0 Å². The maximum absolute atomic E-state index is 12.5. The maximum Gasteiger partial charge on any atom is 0.268 e. The van der Waals surface area contributed by atoms with Crippen LogP contribution in [0.5, 0.6) is 0 Å². The molecule has 0 aliphatic carbocycles. The zero-order chi connectivity index (χ0) is 16.3. The number of carbonyl (C=O) groups excluding carboxylic acids is 3. The number of aliphatic hydroxyl groups excluding tert-OH is 1. The highest BCUT2D eigenvalue weighted by Crippen LogP contribution is 2.27. The Labute approximate surface area is 137 Å². The van der Waals surface area contributed by atoms with Crippen molar-refractivity contribution < 1.29 is 19.5 Å². The van der Waals surface area contributed by atoms with E-state index in [9.17, 15) is 19.5 Å². The summed E-state index contributed by atoms with van der Waals surface area (Å²) in [5.74, 6) is -1.21. The van der Waals surface area contributed by atoms with Crippen LogP contribution in [0.1, 0.15) is 18.2 Å². The quantitative estimate of drug-likeness (QED) is 0.506. The molecule has 0 aromatic carbocycles. The number of ketones is 1. The predicted octanol–water partition coefficient (Wildman–Crippen LogP) is 2.18. The second kappa shape index (κ2) is 7.11. The van der Waals surface area contributed by atoms with Crippen LogP contribution in [0.25, 0.3) is 0 Å². The number of allylic oxidation sites excluding steroid dienone is 1. The first-order chi connectivity index (χ1) is 10.5.